The van der Waals surface area contributed by atoms with Crippen LogP contribution in [0.3, 0.4) is 0 Å². The maximum Gasteiger partial charge on any atom is 0.408 e. The Labute approximate surface area is 127 Å². The number of amides is 1. The van der Waals surface area contributed by atoms with Gasteiger partial charge in [0.1, 0.15) is 17.5 Å². The van der Waals surface area contributed by atoms with Gasteiger partial charge in [-0.25, -0.2) is 14.0 Å². The van der Waals surface area contributed by atoms with Gasteiger partial charge >= 0.3 is 12.1 Å². The van der Waals surface area contributed by atoms with Crippen molar-refractivity contribution in [2.75, 3.05) is 0 Å². The number of carboxylic acids is 1. The number of halogens is 2. The third kappa shape index (κ3) is 5.59. The van der Waals surface area contributed by atoms with Gasteiger partial charge in [-0.05, 0) is 32.4 Å². The zero-order valence-electron chi connectivity index (χ0n) is 11.9. The van der Waals surface area contributed by atoms with Crippen LogP contribution in [0.4, 0.5) is 9.18 Å². The maximum absolute atomic E-state index is 13.8. The molecule has 0 unspecified atom stereocenters. The van der Waals surface area contributed by atoms with Crippen LogP contribution in [0.2, 0.25) is 5.02 Å². The fourth-order valence-electron chi connectivity index (χ4n) is 1.58. The van der Waals surface area contributed by atoms with Crippen molar-refractivity contribution in [3.63, 3.8) is 0 Å². The lowest BCUT2D eigenvalue weighted by Gasteiger charge is -2.22. The fraction of sp³-hybridized carbons (Fsp3) is 0.429. The second kappa shape index (κ2) is 6.76. The van der Waals surface area contributed by atoms with Crippen LogP contribution >= 0.6 is 11.6 Å². The van der Waals surface area contributed by atoms with Gasteiger partial charge in [-0.3, -0.25) is 0 Å². The molecule has 0 fully saturated rings. The highest BCUT2D eigenvalue weighted by molar-refractivity contribution is 6.30. The zero-order chi connectivity index (χ0) is 16.2. The van der Waals surface area contributed by atoms with Crippen molar-refractivity contribution < 1.29 is 23.8 Å². The number of nitrogens with one attached hydrogen (secondary N) is 1. The maximum atomic E-state index is 13.8. The molecule has 0 aliphatic carbocycles. The molecule has 0 spiro atoms. The average molecular weight is 318 g/mol. The summed E-state index contributed by atoms with van der Waals surface area (Å²) in [6.45, 7) is 4.96. The summed E-state index contributed by atoms with van der Waals surface area (Å²) >= 11 is 5.64. The molecule has 1 aromatic carbocycles. The molecule has 5 nitrogen and oxygen atoms in total. The fourth-order valence-corrected chi connectivity index (χ4v) is 1.77. The molecular weight excluding hydrogens is 301 g/mol. The van der Waals surface area contributed by atoms with E-state index in [1.54, 1.807) is 20.8 Å². The Morgan fingerprint density at radius 3 is 2.57 bits per heavy atom. The highest BCUT2D eigenvalue weighted by Crippen LogP contribution is 2.19. The molecule has 21 heavy (non-hydrogen) atoms. The molecule has 0 radical (unpaired) electrons. The number of hydrogen-bond acceptors (Lipinski definition) is 3. The second-order valence-electron chi connectivity index (χ2n) is 5.45. The number of hydrogen-bond donors (Lipinski definition) is 2. The summed E-state index contributed by atoms with van der Waals surface area (Å²) in [5.74, 6) is -1.99. The van der Waals surface area contributed by atoms with E-state index in [-0.39, 0.29) is 17.0 Å². The van der Waals surface area contributed by atoms with Crippen molar-refractivity contribution in [3.8, 4) is 0 Å². The lowest BCUT2D eigenvalue weighted by molar-refractivity contribution is -0.139. The first-order valence-electron chi connectivity index (χ1n) is 6.25. The number of ether oxygens (including phenoxy) is 1. The normalized spacial score (nSPS) is 12.6. The van der Waals surface area contributed by atoms with Crippen molar-refractivity contribution in [1.82, 2.24) is 5.32 Å². The number of carboxylic acid groups (broad SMARTS) is 1. The van der Waals surface area contributed by atoms with Gasteiger partial charge in [-0.1, -0.05) is 23.7 Å². The topological polar surface area (TPSA) is 75.6 Å². The largest absolute Gasteiger partial charge is 0.480 e. The number of alkyl carbamates (subject to hydrolysis) is 1. The zero-order valence-corrected chi connectivity index (χ0v) is 12.7. The van der Waals surface area contributed by atoms with E-state index < -0.39 is 29.5 Å². The van der Waals surface area contributed by atoms with E-state index >= 15 is 0 Å². The van der Waals surface area contributed by atoms with Gasteiger partial charge < -0.3 is 15.2 Å². The standard InChI is InChI=1S/C14H17ClFNO4/c1-14(2,3)21-13(20)17-10(12(18)19)7-8-5-4-6-9(15)11(8)16/h4-6,10H,7H2,1-3H3,(H,17,20)(H,18,19)/t10-/m1/s1. The highest BCUT2D eigenvalue weighted by Gasteiger charge is 2.25. The van der Waals surface area contributed by atoms with Crippen molar-refractivity contribution in [2.24, 2.45) is 0 Å². The molecule has 1 amide bonds. The van der Waals surface area contributed by atoms with Crippen molar-refractivity contribution in [3.05, 3.63) is 34.6 Å². The Morgan fingerprint density at radius 1 is 1.43 bits per heavy atom. The summed E-state index contributed by atoms with van der Waals surface area (Å²) < 4.78 is 18.7. The van der Waals surface area contributed by atoms with Gasteiger partial charge in [0.25, 0.3) is 0 Å². The Bertz CT molecular complexity index is 542. The minimum Gasteiger partial charge on any atom is -0.480 e. The quantitative estimate of drug-likeness (QED) is 0.895. The molecule has 0 aliphatic rings. The van der Waals surface area contributed by atoms with E-state index in [0.29, 0.717) is 0 Å². The van der Waals surface area contributed by atoms with Crippen molar-refractivity contribution in [1.29, 1.82) is 0 Å². The van der Waals surface area contributed by atoms with E-state index in [2.05, 4.69) is 5.32 Å². The molecule has 0 bridgehead atoms. The first-order chi connectivity index (χ1) is 9.60. The Balaban J connectivity index is 2.82. The predicted molar refractivity (Wildman–Crippen MR) is 75.9 cm³/mol. The molecule has 1 rings (SSSR count). The molecule has 0 aliphatic heterocycles. The number of carbonyl (C=O) groups is 2. The molecular formula is C14H17ClFNO4. The summed E-state index contributed by atoms with van der Waals surface area (Å²) in [6, 6.07) is 2.96. The minimum atomic E-state index is -1.31. The summed E-state index contributed by atoms with van der Waals surface area (Å²) in [7, 11) is 0. The summed E-state index contributed by atoms with van der Waals surface area (Å²) in [6.07, 6.45) is -1.11. The molecule has 116 valence electrons. The predicted octanol–water partition coefficient (Wildman–Crippen LogP) is 3.00. The van der Waals surface area contributed by atoms with Gasteiger partial charge in [0.2, 0.25) is 0 Å². The molecule has 0 saturated heterocycles. The van der Waals surface area contributed by atoms with E-state index in [1.165, 1.54) is 18.2 Å². The average Bonchev–Trinajstić information content (AvgIpc) is 2.31. The van der Waals surface area contributed by atoms with Gasteiger partial charge in [-0.2, -0.15) is 0 Å². The lowest BCUT2D eigenvalue weighted by atomic mass is 10.1. The number of aliphatic carboxylic acids is 1. The van der Waals surface area contributed by atoms with Gasteiger partial charge in [0.05, 0.1) is 5.02 Å². The number of benzene rings is 1. The third-order valence-electron chi connectivity index (χ3n) is 2.44. The van der Waals surface area contributed by atoms with Crippen LogP contribution in [-0.4, -0.2) is 28.8 Å². The van der Waals surface area contributed by atoms with Crippen LogP contribution in [0.15, 0.2) is 18.2 Å². The molecule has 0 aromatic heterocycles. The van der Waals surface area contributed by atoms with Crippen LogP contribution in [0.25, 0.3) is 0 Å². The third-order valence-corrected chi connectivity index (χ3v) is 2.74. The van der Waals surface area contributed by atoms with Crippen LogP contribution in [0.5, 0.6) is 0 Å². The summed E-state index contributed by atoms with van der Waals surface area (Å²) in [5, 5.41) is 11.2. The number of rotatable bonds is 4. The van der Waals surface area contributed by atoms with Crippen LogP contribution in [0.1, 0.15) is 26.3 Å². The number of carbonyl (C=O) groups excluding carboxylic acids is 1. The lowest BCUT2D eigenvalue weighted by Crippen LogP contribution is -2.44. The van der Waals surface area contributed by atoms with Gasteiger partial charge in [0.15, 0.2) is 0 Å². The van der Waals surface area contributed by atoms with Gasteiger partial charge in [0, 0.05) is 6.42 Å². The highest BCUT2D eigenvalue weighted by atomic mass is 35.5. The summed E-state index contributed by atoms with van der Waals surface area (Å²) in [4.78, 5) is 22.8. The van der Waals surface area contributed by atoms with Gasteiger partial charge in [-0.15, -0.1) is 0 Å². The first kappa shape index (κ1) is 17.2. The molecule has 0 saturated carbocycles. The van der Waals surface area contributed by atoms with E-state index in [4.69, 9.17) is 21.4 Å². The van der Waals surface area contributed by atoms with E-state index in [0.717, 1.165) is 0 Å². The van der Waals surface area contributed by atoms with E-state index in [1.807, 2.05) is 0 Å². The van der Waals surface area contributed by atoms with Crippen LogP contribution in [-0.2, 0) is 16.0 Å². The Hall–Kier alpha value is -1.82. The SMILES string of the molecule is CC(C)(C)OC(=O)N[C@H](Cc1cccc(Cl)c1F)C(=O)O. The Morgan fingerprint density at radius 2 is 2.05 bits per heavy atom. The Kier molecular flexibility index (Phi) is 5.54. The van der Waals surface area contributed by atoms with Crippen LogP contribution in [0, 0.1) is 5.82 Å². The molecule has 2 N–H and O–H groups in total. The van der Waals surface area contributed by atoms with E-state index in [9.17, 15) is 14.0 Å². The van der Waals surface area contributed by atoms with Crippen molar-refractivity contribution in [2.45, 2.75) is 38.8 Å². The minimum absolute atomic E-state index is 0.103. The molecule has 1 aromatic rings. The van der Waals surface area contributed by atoms with Crippen LogP contribution < -0.4 is 5.32 Å². The monoisotopic (exact) mass is 317 g/mol. The summed E-state index contributed by atoms with van der Waals surface area (Å²) in [5.41, 5.74) is -0.653. The molecule has 7 heteroatoms. The van der Waals surface area contributed by atoms with Crippen molar-refractivity contribution >= 4 is 23.7 Å². The first-order valence-corrected chi connectivity index (χ1v) is 6.63. The molecule has 0 heterocycles. The molecule has 1 atom stereocenters. The smallest absolute Gasteiger partial charge is 0.408 e. The second-order valence-corrected chi connectivity index (χ2v) is 5.86.